The van der Waals surface area contributed by atoms with Gasteiger partial charge in [-0.3, -0.25) is 20.8 Å². The number of amides is 1. The topological polar surface area (TPSA) is 124 Å². The molecule has 74 valence electrons. The molecule has 0 unspecified atom stereocenters. The lowest BCUT2D eigenvalue weighted by atomic mass is 10.1. The minimum Gasteiger partial charge on any atom is -0.365 e. The van der Waals surface area contributed by atoms with Gasteiger partial charge in [0, 0.05) is 11.8 Å². The number of nitrogens with two attached hydrogens (primary N) is 2. The number of carbonyl (C=O) groups excluding carboxylic acids is 1. The number of hydrazine groups is 1. The molecule has 0 aliphatic heterocycles. The van der Waals surface area contributed by atoms with Gasteiger partial charge >= 0.3 is 0 Å². The van der Waals surface area contributed by atoms with E-state index in [0.717, 1.165) is 6.07 Å². The van der Waals surface area contributed by atoms with E-state index in [1.165, 1.54) is 12.1 Å². The summed E-state index contributed by atoms with van der Waals surface area (Å²) in [5.74, 6) is 4.21. The molecule has 0 aliphatic rings. The summed E-state index contributed by atoms with van der Waals surface area (Å²) in [7, 11) is 0. The first-order valence-corrected chi connectivity index (χ1v) is 3.61. The molecule has 14 heavy (non-hydrogen) atoms. The predicted octanol–water partition coefficient (Wildman–Crippen LogP) is -0.0207. The van der Waals surface area contributed by atoms with Crippen LogP contribution < -0.4 is 17.0 Å². The highest BCUT2D eigenvalue weighted by Crippen LogP contribution is 2.21. The number of benzene rings is 1. The van der Waals surface area contributed by atoms with Crippen LogP contribution in [-0.2, 0) is 0 Å². The Morgan fingerprint density at radius 3 is 2.57 bits per heavy atom. The lowest BCUT2D eigenvalue weighted by Crippen LogP contribution is -2.15. The number of hydrogen-bond acceptors (Lipinski definition) is 5. The van der Waals surface area contributed by atoms with Gasteiger partial charge in [-0.2, -0.15) is 0 Å². The van der Waals surface area contributed by atoms with Gasteiger partial charge in [0.2, 0.25) is 0 Å². The van der Waals surface area contributed by atoms with Crippen molar-refractivity contribution in [3.63, 3.8) is 0 Å². The molecule has 1 aromatic rings. The summed E-state index contributed by atoms with van der Waals surface area (Å²) in [5, 5.41) is 10.5. The third-order valence-electron chi connectivity index (χ3n) is 1.63. The average Bonchev–Trinajstić information content (AvgIpc) is 2.16. The zero-order valence-electron chi connectivity index (χ0n) is 7.06. The first-order chi connectivity index (χ1) is 6.56. The monoisotopic (exact) mass is 196 g/mol. The second kappa shape index (κ2) is 3.71. The Labute approximate surface area is 78.8 Å². The lowest BCUT2D eigenvalue weighted by Gasteiger charge is -2.02. The lowest BCUT2D eigenvalue weighted by molar-refractivity contribution is -0.385. The highest BCUT2D eigenvalue weighted by Gasteiger charge is 2.17. The smallest absolute Gasteiger partial charge is 0.282 e. The number of anilines is 1. The summed E-state index contributed by atoms with van der Waals surface area (Å²) in [6.45, 7) is 0. The van der Waals surface area contributed by atoms with E-state index in [9.17, 15) is 14.9 Å². The number of nitrogens with zero attached hydrogens (tertiary/aromatic N) is 1. The Morgan fingerprint density at radius 1 is 1.50 bits per heavy atom. The van der Waals surface area contributed by atoms with E-state index < -0.39 is 10.8 Å². The Hall–Kier alpha value is -2.15. The van der Waals surface area contributed by atoms with Crippen molar-refractivity contribution in [2.24, 2.45) is 11.6 Å². The molecule has 0 radical (unpaired) electrons. The van der Waals surface area contributed by atoms with Gasteiger partial charge in [-0.25, -0.2) is 0 Å². The molecule has 0 bridgehead atoms. The van der Waals surface area contributed by atoms with Crippen molar-refractivity contribution in [1.82, 2.24) is 0 Å². The van der Waals surface area contributed by atoms with E-state index in [-0.39, 0.29) is 11.3 Å². The molecule has 0 saturated heterocycles. The second-order valence-corrected chi connectivity index (χ2v) is 2.50. The van der Waals surface area contributed by atoms with Crippen LogP contribution in [0, 0.1) is 10.1 Å². The minimum atomic E-state index is -0.867. The van der Waals surface area contributed by atoms with Gasteiger partial charge in [0.1, 0.15) is 5.56 Å². The normalized spacial score (nSPS) is 9.50. The number of primary amides is 1. The predicted molar refractivity (Wildman–Crippen MR) is 49.4 cm³/mol. The van der Waals surface area contributed by atoms with Gasteiger partial charge in [0.25, 0.3) is 11.6 Å². The van der Waals surface area contributed by atoms with Gasteiger partial charge in [0.15, 0.2) is 0 Å². The number of nitrogen functional groups attached to an aromatic ring is 1. The second-order valence-electron chi connectivity index (χ2n) is 2.50. The van der Waals surface area contributed by atoms with Gasteiger partial charge < -0.3 is 11.2 Å². The van der Waals surface area contributed by atoms with Gasteiger partial charge in [-0.1, -0.05) is 0 Å². The highest BCUT2D eigenvalue weighted by atomic mass is 16.6. The van der Waals surface area contributed by atoms with Gasteiger partial charge in [-0.15, -0.1) is 0 Å². The number of carbonyl (C=O) groups is 1. The van der Waals surface area contributed by atoms with Crippen molar-refractivity contribution >= 4 is 17.3 Å². The van der Waals surface area contributed by atoms with Crippen LogP contribution in [0.4, 0.5) is 11.4 Å². The number of nitro groups is 1. The molecule has 1 amide bonds. The maximum absolute atomic E-state index is 10.8. The van der Waals surface area contributed by atoms with E-state index >= 15 is 0 Å². The highest BCUT2D eigenvalue weighted by molar-refractivity contribution is 5.97. The molecule has 0 atom stereocenters. The summed E-state index contributed by atoms with van der Waals surface area (Å²) < 4.78 is 0. The summed E-state index contributed by atoms with van der Waals surface area (Å²) in [6.07, 6.45) is 0. The van der Waals surface area contributed by atoms with E-state index in [1.54, 1.807) is 0 Å². The molecule has 0 heterocycles. The fraction of sp³-hybridized carbons (Fsp3) is 0. The van der Waals surface area contributed by atoms with Crippen LogP contribution in [0.2, 0.25) is 0 Å². The first kappa shape index (κ1) is 9.93. The molecular weight excluding hydrogens is 188 g/mol. The standard InChI is InChI=1S/C7H8N4O3/c8-7(12)5-3-4(10-9)1-2-6(5)11(13)14/h1-3,10H,9H2,(H2,8,12). The van der Waals surface area contributed by atoms with Crippen LogP contribution in [0.1, 0.15) is 10.4 Å². The van der Waals surface area contributed by atoms with Crippen LogP contribution >= 0.6 is 0 Å². The first-order valence-electron chi connectivity index (χ1n) is 3.61. The molecule has 0 saturated carbocycles. The Bertz CT molecular complexity index is 391. The van der Waals surface area contributed by atoms with Crippen LogP contribution in [0.3, 0.4) is 0 Å². The summed E-state index contributed by atoms with van der Waals surface area (Å²) >= 11 is 0. The van der Waals surface area contributed by atoms with E-state index in [0.29, 0.717) is 5.69 Å². The molecule has 0 fully saturated rings. The molecule has 0 aromatic heterocycles. The molecule has 7 heteroatoms. The maximum Gasteiger partial charge on any atom is 0.282 e. The molecule has 1 rings (SSSR count). The number of nitro benzene ring substituents is 1. The van der Waals surface area contributed by atoms with Crippen LogP contribution in [-0.4, -0.2) is 10.8 Å². The molecule has 5 N–H and O–H groups in total. The Morgan fingerprint density at radius 2 is 2.14 bits per heavy atom. The molecule has 7 nitrogen and oxygen atoms in total. The number of rotatable bonds is 3. The summed E-state index contributed by atoms with van der Waals surface area (Å²) in [4.78, 5) is 20.6. The summed E-state index contributed by atoms with van der Waals surface area (Å²) in [6, 6.07) is 3.76. The van der Waals surface area contributed by atoms with E-state index in [2.05, 4.69) is 5.43 Å². The van der Waals surface area contributed by atoms with Crippen molar-refractivity contribution in [2.45, 2.75) is 0 Å². The van der Waals surface area contributed by atoms with Crippen molar-refractivity contribution in [2.75, 3.05) is 5.43 Å². The minimum absolute atomic E-state index is 0.176. The van der Waals surface area contributed by atoms with Crippen LogP contribution in [0.25, 0.3) is 0 Å². The third kappa shape index (κ3) is 1.77. The zero-order chi connectivity index (χ0) is 10.7. The fourth-order valence-corrected chi connectivity index (χ4v) is 0.982. The van der Waals surface area contributed by atoms with Crippen molar-refractivity contribution in [3.05, 3.63) is 33.9 Å². The van der Waals surface area contributed by atoms with Gasteiger partial charge in [-0.05, 0) is 12.1 Å². The molecular formula is C7H8N4O3. The molecule has 0 spiro atoms. The van der Waals surface area contributed by atoms with Crippen LogP contribution in [0.15, 0.2) is 18.2 Å². The number of nitrogens with one attached hydrogen (secondary N) is 1. The molecule has 1 aromatic carbocycles. The van der Waals surface area contributed by atoms with Crippen molar-refractivity contribution in [3.8, 4) is 0 Å². The summed E-state index contributed by atoms with van der Waals surface area (Å²) in [5.41, 5.74) is 7.09. The fourth-order valence-electron chi connectivity index (χ4n) is 0.982. The van der Waals surface area contributed by atoms with E-state index in [1.807, 2.05) is 0 Å². The average molecular weight is 196 g/mol. The Kier molecular flexibility index (Phi) is 2.63. The zero-order valence-corrected chi connectivity index (χ0v) is 7.06. The third-order valence-corrected chi connectivity index (χ3v) is 1.63. The maximum atomic E-state index is 10.8. The van der Waals surface area contributed by atoms with Crippen molar-refractivity contribution < 1.29 is 9.72 Å². The molecule has 0 aliphatic carbocycles. The van der Waals surface area contributed by atoms with Gasteiger partial charge in [0.05, 0.1) is 4.92 Å². The van der Waals surface area contributed by atoms with Crippen LogP contribution in [0.5, 0.6) is 0 Å². The SMILES string of the molecule is NNc1ccc([N+](=O)[O-])c(C(N)=O)c1. The number of hydrogen-bond donors (Lipinski definition) is 3. The van der Waals surface area contributed by atoms with Crippen molar-refractivity contribution in [1.29, 1.82) is 0 Å². The van der Waals surface area contributed by atoms with E-state index in [4.69, 9.17) is 11.6 Å². The Balaban J connectivity index is 3.31. The quantitative estimate of drug-likeness (QED) is 0.356. The largest absolute Gasteiger partial charge is 0.365 e.